The minimum atomic E-state index is -1.29. The molecule has 0 heterocycles. The van der Waals surface area contributed by atoms with Gasteiger partial charge in [-0.15, -0.1) is 0 Å². The summed E-state index contributed by atoms with van der Waals surface area (Å²) in [6.45, 7) is -1.41. The van der Waals surface area contributed by atoms with E-state index in [4.69, 9.17) is 10.2 Å². The molecule has 0 aliphatic rings. The Hall–Kier alpha value is 0.450. The van der Waals surface area contributed by atoms with Crippen LogP contribution in [0, 0.1) is 10.7 Å². The van der Waals surface area contributed by atoms with Gasteiger partial charge in [0.2, 0.25) is 5.91 Å². The first-order chi connectivity index (χ1) is 15.9. The average molecular weight is 939 g/mol. The van der Waals surface area contributed by atoms with E-state index in [1.165, 1.54) is 6.92 Å². The van der Waals surface area contributed by atoms with Gasteiger partial charge in [0.05, 0.1) is 68.6 Å². The molecule has 16 heteroatoms. The summed E-state index contributed by atoms with van der Waals surface area (Å²) in [5.41, 5.74) is 0.182. The van der Waals surface area contributed by atoms with Gasteiger partial charge in [-0.25, -0.2) is 0 Å². The first-order valence-electron chi connectivity index (χ1n) is 9.82. The quantitative estimate of drug-likeness (QED) is 0.102. The van der Waals surface area contributed by atoms with E-state index in [0.717, 1.165) is 4.90 Å². The Labute approximate surface area is 261 Å². The van der Waals surface area contributed by atoms with E-state index in [9.17, 15) is 34.8 Å². The van der Waals surface area contributed by atoms with Gasteiger partial charge in [-0.3, -0.25) is 14.4 Å². The fourth-order valence-electron chi connectivity index (χ4n) is 2.66. The Balaban J connectivity index is 0.0000116. The third-order valence-electron chi connectivity index (χ3n) is 4.42. The number of carbonyl (C=O) groups excluding carboxylic acids is 3. The van der Waals surface area contributed by atoms with Gasteiger partial charge in [-0.1, -0.05) is 0 Å². The van der Waals surface area contributed by atoms with Crippen LogP contribution in [0.4, 0.5) is 5.69 Å². The maximum atomic E-state index is 13.0. The second-order valence-corrected chi connectivity index (χ2v) is 10.3. The van der Waals surface area contributed by atoms with Crippen molar-refractivity contribution in [2.75, 3.05) is 44.4 Å². The van der Waals surface area contributed by atoms with Crippen molar-refractivity contribution >= 4 is 117 Å². The maximum absolute atomic E-state index is 13.0. The van der Waals surface area contributed by atoms with Gasteiger partial charge in [-0.05, 0) is 67.8 Å². The number of hydrogen-bond donors (Lipinski definition) is 8. The molecule has 0 saturated carbocycles. The topological polar surface area (TPSA) is 200 Å². The third-order valence-corrected chi connectivity index (χ3v) is 7.60. The van der Waals surface area contributed by atoms with Crippen molar-refractivity contribution in [3.8, 4) is 0 Å². The summed E-state index contributed by atoms with van der Waals surface area (Å²) in [6, 6.07) is 0. The number of aliphatic hydroxyl groups excluding tert-OH is 6. The summed E-state index contributed by atoms with van der Waals surface area (Å²) in [7, 11) is 0. The zero-order chi connectivity index (χ0) is 26.2. The second-order valence-electron chi connectivity index (χ2n) is 7.10. The first kappa shape index (κ1) is 35.5. The predicted octanol–water partition coefficient (Wildman–Crippen LogP) is -2.81. The Bertz CT molecular complexity index is 857. The number of carbonyl (C=O) groups is 3. The van der Waals surface area contributed by atoms with E-state index in [-0.39, 0.29) is 73.0 Å². The molecular formula is C19H29I3InN3O9. The molecule has 0 fully saturated rings. The zero-order valence-electron chi connectivity index (χ0n) is 18.0. The summed E-state index contributed by atoms with van der Waals surface area (Å²) in [6.07, 6.45) is -3.71. The SMILES string of the molecule is CC(=O)N(CC(O)CO)c1c(I)c(C(=O)NCC(O)CO)c(I)c(C(=O)NCC(O)CO)c1I.[InH3]. The first-order valence-corrected chi connectivity index (χ1v) is 13.1. The molecule has 8 N–H and O–H groups in total. The van der Waals surface area contributed by atoms with Gasteiger partial charge in [0.1, 0.15) is 0 Å². The third kappa shape index (κ3) is 9.93. The van der Waals surface area contributed by atoms with E-state index < -0.39 is 55.9 Å². The molecule has 12 nitrogen and oxygen atoms in total. The normalized spacial score (nSPS) is 13.3. The van der Waals surface area contributed by atoms with Crippen LogP contribution in [0.25, 0.3) is 0 Å². The van der Waals surface area contributed by atoms with Gasteiger partial charge in [0.15, 0.2) is 0 Å². The van der Waals surface area contributed by atoms with Gasteiger partial charge >= 0.3 is 25.8 Å². The summed E-state index contributed by atoms with van der Waals surface area (Å²) in [5, 5.41) is 61.3. The number of rotatable bonds is 12. The number of nitrogens with one attached hydrogen (secondary N) is 2. The van der Waals surface area contributed by atoms with Crippen molar-refractivity contribution in [1.82, 2.24) is 10.6 Å². The van der Waals surface area contributed by atoms with E-state index >= 15 is 0 Å². The summed E-state index contributed by atoms with van der Waals surface area (Å²) >= 11 is 5.47. The number of halogens is 3. The molecule has 1 rings (SSSR count). The molecule has 1 aromatic rings. The fourth-order valence-corrected chi connectivity index (χ4v) is 7.39. The summed E-state index contributed by atoms with van der Waals surface area (Å²) < 4.78 is 0.762. The number of amides is 3. The van der Waals surface area contributed by atoms with Crippen molar-refractivity contribution in [3.63, 3.8) is 0 Å². The molecule has 0 aliphatic heterocycles. The van der Waals surface area contributed by atoms with Gasteiger partial charge in [-0.2, -0.15) is 0 Å². The number of hydrogen-bond acceptors (Lipinski definition) is 9. The van der Waals surface area contributed by atoms with Gasteiger partial charge < -0.3 is 46.2 Å². The van der Waals surface area contributed by atoms with Crippen molar-refractivity contribution in [2.24, 2.45) is 0 Å². The van der Waals surface area contributed by atoms with Crippen molar-refractivity contribution in [3.05, 3.63) is 21.8 Å². The minimum absolute atomic E-state index is 0. The van der Waals surface area contributed by atoms with Crippen LogP contribution < -0.4 is 15.5 Å². The fraction of sp³-hybridized carbons (Fsp3) is 0.526. The molecule has 1 aromatic carbocycles. The number of benzene rings is 1. The van der Waals surface area contributed by atoms with Crippen LogP contribution in [-0.4, -0.2) is 132 Å². The molecule has 0 spiro atoms. The van der Waals surface area contributed by atoms with Crippen LogP contribution >= 0.6 is 67.8 Å². The second kappa shape index (κ2) is 17.1. The molecule has 3 unspecified atom stereocenters. The molecule has 3 atom stereocenters. The standard InChI is InChI=1S/C19H26I3N3O9.In.3H/c1-8(29)25(4-11(32)7-28)17-15(21)12(18(33)23-2-9(30)5-26)14(20)13(16(17)22)19(34)24-3-10(31)6-27;;;;/h9-11,26-28,30-32H,2-7H2,1H3,(H,23,33)(H,24,34);;;;. The molecule has 0 aromatic heterocycles. The van der Waals surface area contributed by atoms with E-state index in [0.29, 0.717) is 0 Å². The molecule has 198 valence electrons. The van der Waals surface area contributed by atoms with Crippen LogP contribution in [0.15, 0.2) is 0 Å². The Morgan fingerprint density at radius 3 is 1.46 bits per heavy atom. The molecule has 0 aliphatic carbocycles. The van der Waals surface area contributed by atoms with E-state index in [2.05, 4.69) is 10.6 Å². The molecular weight excluding hydrogens is 910 g/mol. The van der Waals surface area contributed by atoms with Crippen LogP contribution in [0.1, 0.15) is 27.6 Å². The van der Waals surface area contributed by atoms with Gasteiger partial charge in [0, 0.05) is 23.6 Å². The monoisotopic (exact) mass is 939 g/mol. The molecule has 0 saturated heterocycles. The molecule has 0 radical (unpaired) electrons. The molecule has 35 heavy (non-hydrogen) atoms. The molecule has 3 amide bonds. The van der Waals surface area contributed by atoms with E-state index in [1.54, 1.807) is 22.6 Å². The molecule has 0 bridgehead atoms. The van der Waals surface area contributed by atoms with Crippen molar-refractivity contribution in [1.29, 1.82) is 0 Å². The van der Waals surface area contributed by atoms with Crippen LogP contribution in [0.5, 0.6) is 0 Å². The van der Waals surface area contributed by atoms with Crippen LogP contribution in [0.2, 0.25) is 0 Å². The Morgan fingerprint density at radius 2 is 1.14 bits per heavy atom. The average Bonchev–Trinajstić information content (AvgIpc) is 2.79. The zero-order valence-corrected chi connectivity index (χ0v) is 24.4. The van der Waals surface area contributed by atoms with E-state index in [1.807, 2.05) is 45.2 Å². The number of aliphatic hydroxyl groups is 6. The van der Waals surface area contributed by atoms with Crippen LogP contribution in [-0.2, 0) is 4.79 Å². The van der Waals surface area contributed by atoms with Crippen LogP contribution in [0.3, 0.4) is 0 Å². The Morgan fingerprint density at radius 1 is 0.771 bits per heavy atom. The van der Waals surface area contributed by atoms with Gasteiger partial charge in [0.25, 0.3) is 11.8 Å². The number of anilines is 1. The predicted molar refractivity (Wildman–Crippen MR) is 157 cm³/mol. The summed E-state index contributed by atoms with van der Waals surface area (Å²) in [4.78, 5) is 39.6. The number of nitrogens with zero attached hydrogens (tertiary/aromatic N) is 1. The summed E-state index contributed by atoms with van der Waals surface area (Å²) in [5.74, 6) is -1.89. The Kier molecular flexibility index (Phi) is 17.3. The van der Waals surface area contributed by atoms with Crippen molar-refractivity contribution < 1.29 is 45.0 Å². The van der Waals surface area contributed by atoms with Crippen molar-refractivity contribution in [2.45, 2.75) is 25.2 Å².